The number of halogens is 1. The number of nitrogens with zero attached hydrogens (tertiary/aromatic N) is 1. The minimum atomic E-state index is 0.828. The number of aryl methyl sites for hydroxylation is 2. The van der Waals surface area contributed by atoms with E-state index >= 15 is 0 Å². The van der Waals surface area contributed by atoms with Crippen molar-refractivity contribution in [1.82, 2.24) is 0 Å². The van der Waals surface area contributed by atoms with Crippen LogP contribution in [0.15, 0.2) is 40.9 Å². The van der Waals surface area contributed by atoms with Crippen LogP contribution in [0.4, 0.5) is 11.4 Å². The van der Waals surface area contributed by atoms with Gasteiger partial charge in [-0.1, -0.05) is 34.1 Å². The average molecular weight is 319 g/mol. The largest absolute Gasteiger partial charge is 0.397 e. The van der Waals surface area contributed by atoms with Crippen molar-refractivity contribution in [2.75, 3.05) is 17.7 Å². The molecule has 0 bridgehead atoms. The molecule has 0 saturated carbocycles. The van der Waals surface area contributed by atoms with E-state index < -0.39 is 0 Å². The topological polar surface area (TPSA) is 29.3 Å². The molecule has 2 rings (SSSR count). The van der Waals surface area contributed by atoms with E-state index in [-0.39, 0.29) is 0 Å². The highest BCUT2D eigenvalue weighted by atomic mass is 79.9. The predicted molar refractivity (Wildman–Crippen MR) is 86.6 cm³/mol. The first-order valence-electron chi connectivity index (χ1n) is 6.30. The van der Waals surface area contributed by atoms with Crippen LogP contribution in [0, 0.1) is 13.8 Å². The Morgan fingerprint density at radius 1 is 1.11 bits per heavy atom. The molecule has 0 amide bonds. The van der Waals surface area contributed by atoms with Crippen LogP contribution >= 0.6 is 15.9 Å². The fourth-order valence-corrected chi connectivity index (χ4v) is 2.53. The molecule has 0 heterocycles. The molecule has 0 unspecified atom stereocenters. The fraction of sp³-hybridized carbons (Fsp3) is 0.250. The zero-order valence-electron chi connectivity index (χ0n) is 11.6. The maximum atomic E-state index is 6.13. The molecule has 0 aromatic heterocycles. The molecule has 2 N–H and O–H groups in total. The first-order chi connectivity index (χ1) is 8.99. The molecule has 0 atom stereocenters. The highest BCUT2D eigenvalue weighted by Crippen LogP contribution is 2.28. The molecule has 0 radical (unpaired) electrons. The Balaban J connectivity index is 2.28. The summed E-state index contributed by atoms with van der Waals surface area (Å²) in [6.45, 7) is 5.03. The van der Waals surface area contributed by atoms with Gasteiger partial charge in [-0.25, -0.2) is 0 Å². The summed E-state index contributed by atoms with van der Waals surface area (Å²) in [5, 5.41) is 0. The Labute approximate surface area is 123 Å². The van der Waals surface area contributed by atoms with Crippen molar-refractivity contribution >= 4 is 27.3 Å². The summed E-state index contributed by atoms with van der Waals surface area (Å²) in [4.78, 5) is 2.18. The summed E-state index contributed by atoms with van der Waals surface area (Å²) in [6, 6.07) is 12.5. The van der Waals surface area contributed by atoms with E-state index in [9.17, 15) is 0 Å². The van der Waals surface area contributed by atoms with E-state index in [1.165, 1.54) is 16.7 Å². The predicted octanol–water partition coefficient (Wildman–Crippen LogP) is 4.28. The van der Waals surface area contributed by atoms with Crippen molar-refractivity contribution in [3.05, 3.63) is 57.6 Å². The van der Waals surface area contributed by atoms with Gasteiger partial charge in [0.15, 0.2) is 0 Å². The molecule has 0 aliphatic rings. The van der Waals surface area contributed by atoms with Crippen molar-refractivity contribution in [2.45, 2.75) is 20.4 Å². The first kappa shape index (κ1) is 13.9. The zero-order valence-corrected chi connectivity index (χ0v) is 13.2. The van der Waals surface area contributed by atoms with Gasteiger partial charge in [-0.2, -0.15) is 0 Å². The van der Waals surface area contributed by atoms with Gasteiger partial charge in [0.2, 0.25) is 0 Å². The normalized spacial score (nSPS) is 10.5. The van der Waals surface area contributed by atoms with Gasteiger partial charge < -0.3 is 10.6 Å². The van der Waals surface area contributed by atoms with E-state index in [2.05, 4.69) is 66.0 Å². The Bertz CT molecular complexity index is 593. The lowest BCUT2D eigenvalue weighted by Gasteiger charge is -2.23. The maximum absolute atomic E-state index is 6.13. The van der Waals surface area contributed by atoms with E-state index in [1.54, 1.807) is 0 Å². The van der Waals surface area contributed by atoms with Gasteiger partial charge in [0.25, 0.3) is 0 Å². The van der Waals surface area contributed by atoms with Crippen LogP contribution in [0.2, 0.25) is 0 Å². The molecule has 0 fully saturated rings. The Morgan fingerprint density at radius 3 is 2.42 bits per heavy atom. The van der Waals surface area contributed by atoms with Gasteiger partial charge in [0, 0.05) is 18.1 Å². The summed E-state index contributed by atoms with van der Waals surface area (Å²) in [6.07, 6.45) is 0. The highest BCUT2D eigenvalue weighted by molar-refractivity contribution is 9.10. The number of hydrogen-bond donors (Lipinski definition) is 1. The minimum absolute atomic E-state index is 0.828. The molecule has 0 saturated heterocycles. The molecule has 0 aliphatic carbocycles. The molecule has 2 aromatic rings. The van der Waals surface area contributed by atoms with Gasteiger partial charge in [0.05, 0.1) is 11.4 Å². The third-order valence-corrected chi connectivity index (χ3v) is 4.19. The SMILES string of the molecule is Cc1cc(N)c(N(C)Cc2ccccc2Br)cc1C. The quantitative estimate of drug-likeness (QED) is 0.856. The molecule has 100 valence electrons. The standard InChI is InChI=1S/C16H19BrN2/c1-11-8-15(18)16(9-12(11)2)19(3)10-13-6-4-5-7-14(13)17/h4-9H,10,18H2,1-3H3. The summed E-state index contributed by atoms with van der Waals surface area (Å²) >= 11 is 3.58. The summed E-state index contributed by atoms with van der Waals surface area (Å²) < 4.78 is 1.13. The van der Waals surface area contributed by atoms with Crippen molar-refractivity contribution < 1.29 is 0 Å². The second kappa shape index (κ2) is 5.66. The van der Waals surface area contributed by atoms with Crippen LogP contribution in [0.1, 0.15) is 16.7 Å². The second-order valence-corrected chi connectivity index (χ2v) is 5.80. The molecular formula is C16H19BrN2. The zero-order chi connectivity index (χ0) is 14.0. The Hall–Kier alpha value is -1.48. The summed E-state index contributed by atoms with van der Waals surface area (Å²) in [5.41, 5.74) is 11.8. The van der Waals surface area contributed by atoms with Crippen molar-refractivity contribution in [2.24, 2.45) is 0 Å². The number of rotatable bonds is 3. The minimum Gasteiger partial charge on any atom is -0.397 e. The average Bonchev–Trinajstić information content (AvgIpc) is 2.36. The summed E-state index contributed by atoms with van der Waals surface area (Å²) in [7, 11) is 2.07. The Kier molecular flexibility index (Phi) is 4.15. The first-order valence-corrected chi connectivity index (χ1v) is 7.09. The molecular weight excluding hydrogens is 300 g/mol. The lowest BCUT2D eigenvalue weighted by Crippen LogP contribution is -2.18. The van der Waals surface area contributed by atoms with Gasteiger partial charge in [0.1, 0.15) is 0 Å². The maximum Gasteiger partial charge on any atom is 0.0603 e. The van der Waals surface area contributed by atoms with Gasteiger partial charge >= 0.3 is 0 Å². The molecule has 3 heteroatoms. The monoisotopic (exact) mass is 318 g/mol. The number of nitrogens with two attached hydrogens (primary N) is 1. The van der Waals surface area contributed by atoms with Crippen LogP contribution in [0.25, 0.3) is 0 Å². The summed E-state index contributed by atoms with van der Waals surface area (Å²) in [5.74, 6) is 0. The van der Waals surface area contributed by atoms with Crippen LogP contribution in [-0.2, 0) is 6.54 Å². The van der Waals surface area contributed by atoms with Gasteiger partial charge in [-0.05, 0) is 48.7 Å². The van der Waals surface area contributed by atoms with Crippen molar-refractivity contribution in [3.8, 4) is 0 Å². The number of anilines is 2. The number of benzene rings is 2. The van der Waals surface area contributed by atoms with Crippen LogP contribution in [0.5, 0.6) is 0 Å². The lowest BCUT2D eigenvalue weighted by molar-refractivity contribution is 0.918. The number of hydrogen-bond acceptors (Lipinski definition) is 2. The van der Waals surface area contributed by atoms with E-state index in [1.807, 2.05) is 12.1 Å². The highest BCUT2D eigenvalue weighted by Gasteiger charge is 2.09. The van der Waals surface area contributed by atoms with Gasteiger partial charge in [-0.15, -0.1) is 0 Å². The lowest BCUT2D eigenvalue weighted by atomic mass is 10.1. The van der Waals surface area contributed by atoms with Crippen molar-refractivity contribution in [3.63, 3.8) is 0 Å². The molecule has 2 aromatic carbocycles. The smallest absolute Gasteiger partial charge is 0.0603 e. The van der Waals surface area contributed by atoms with Crippen LogP contribution in [-0.4, -0.2) is 7.05 Å². The molecule has 0 spiro atoms. The second-order valence-electron chi connectivity index (χ2n) is 4.94. The van der Waals surface area contributed by atoms with E-state index in [0.29, 0.717) is 0 Å². The van der Waals surface area contributed by atoms with E-state index in [0.717, 1.165) is 22.4 Å². The van der Waals surface area contributed by atoms with Crippen LogP contribution in [0.3, 0.4) is 0 Å². The third-order valence-electron chi connectivity index (χ3n) is 3.42. The van der Waals surface area contributed by atoms with Gasteiger partial charge in [-0.3, -0.25) is 0 Å². The van der Waals surface area contributed by atoms with Crippen LogP contribution < -0.4 is 10.6 Å². The van der Waals surface area contributed by atoms with E-state index in [4.69, 9.17) is 5.73 Å². The fourth-order valence-electron chi connectivity index (χ4n) is 2.12. The Morgan fingerprint density at radius 2 is 1.74 bits per heavy atom. The molecule has 2 nitrogen and oxygen atoms in total. The molecule has 0 aliphatic heterocycles. The third kappa shape index (κ3) is 3.10. The number of nitrogen functional groups attached to an aromatic ring is 1. The van der Waals surface area contributed by atoms with Crippen molar-refractivity contribution in [1.29, 1.82) is 0 Å². The molecule has 19 heavy (non-hydrogen) atoms.